The van der Waals surface area contributed by atoms with Crippen LogP contribution in [0.4, 0.5) is 14.5 Å². The SMILES string of the molecule is CC1CCc2cc(F)ccc2N1C(=O)Cc1cc(-c2ccc(F)cc2)on1. The smallest absolute Gasteiger partial charge is 0.233 e. The van der Waals surface area contributed by atoms with Crippen LogP contribution in [-0.4, -0.2) is 17.1 Å². The molecule has 4 rings (SSSR count). The summed E-state index contributed by atoms with van der Waals surface area (Å²) in [6.45, 7) is 1.98. The molecule has 0 radical (unpaired) electrons. The molecular formula is C21H18F2N2O2. The number of anilines is 1. The van der Waals surface area contributed by atoms with Gasteiger partial charge in [0, 0.05) is 23.4 Å². The van der Waals surface area contributed by atoms with Crippen LogP contribution in [0.5, 0.6) is 0 Å². The van der Waals surface area contributed by atoms with Crippen LogP contribution in [0.25, 0.3) is 11.3 Å². The van der Waals surface area contributed by atoms with Crippen molar-refractivity contribution in [3.05, 3.63) is 71.4 Å². The van der Waals surface area contributed by atoms with Crippen molar-refractivity contribution in [2.45, 2.75) is 32.2 Å². The Bertz CT molecular complexity index is 982. The molecular weight excluding hydrogens is 350 g/mol. The van der Waals surface area contributed by atoms with Crippen LogP contribution in [0.1, 0.15) is 24.6 Å². The molecule has 6 heteroatoms. The first-order chi connectivity index (χ1) is 13.0. The van der Waals surface area contributed by atoms with Gasteiger partial charge in [-0.1, -0.05) is 5.16 Å². The van der Waals surface area contributed by atoms with Gasteiger partial charge in [-0.25, -0.2) is 8.78 Å². The topological polar surface area (TPSA) is 46.3 Å². The maximum atomic E-state index is 13.5. The summed E-state index contributed by atoms with van der Waals surface area (Å²) in [5.41, 5.74) is 2.78. The van der Waals surface area contributed by atoms with E-state index in [0.717, 1.165) is 24.1 Å². The molecule has 0 aliphatic carbocycles. The molecule has 1 unspecified atom stereocenters. The predicted octanol–water partition coefficient (Wildman–Crippen LogP) is 4.53. The van der Waals surface area contributed by atoms with Crippen LogP contribution in [0.3, 0.4) is 0 Å². The Morgan fingerprint density at radius 3 is 2.67 bits per heavy atom. The maximum absolute atomic E-state index is 13.5. The van der Waals surface area contributed by atoms with Crippen LogP contribution in [0.2, 0.25) is 0 Å². The van der Waals surface area contributed by atoms with E-state index in [1.165, 1.54) is 24.3 Å². The van der Waals surface area contributed by atoms with Crippen molar-refractivity contribution >= 4 is 11.6 Å². The molecule has 2 aromatic carbocycles. The number of nitrogens with zero attached hydrogens (tertiary/aromatic N) is 2. The highest BCUT2D eigenvalue weighted by molar-refractivity contribution is 5.96. The van der Waals surface area contributed by atoms with E-state index in [2.05, 4.69) is 5.16 Å². The molecule has 4 nitrogen and oxygen atoms in total. The largest absolute Gasteiger partial charge is 0.356 e. The predicted molar refractivity (Wildman–Crippen MR) is 97.3 cm³/mol. The van der Waals surface area contributed by atoms with E-state index in [0.29, 0.717) is 17.0 Å². The molecule has 138 valence electrons. The van der Waals surface area contributed by atoms with Crippen LogP contribution < -0.4 is 4.90 Å². The van der Waals surface area contributed by atoms with Crippen LogP contribution in [-0.2, 0) is 17.6 Å². The average Bonchev–Trinajstić information content (AvgIpc) is 3.10. The molecule has 0 spiro atoms. The second-order valence-corrected chi connectivity index (χ2v) is 6.79. The molecule has 1 amide bonds. The third-order valence-electron chi connectivity index (χ3n) is 4.86. The van der Waals surface area contributed by atoms with Gasteiger partial charge in [0.1, 0.15) is 11.6 Å². The molecule has 0 saturated heterocycles. The van der Waals surface area contributed by atoms with Crippen LogP contribution in [0.15, 0.2) is 53.1 Å². The second-order valence-electron chi connectivity index (χ2n) is 6.79. The minimum absolute atomic E-state index is 0.0268. The van der Waals surface area contributed by atoms with Gasteiger partial charge in [0.25, 0.3) is 0 Å². The van der Waals surface area contributed by atoms with Crippen molar-refractivity contribution < 1.29 is 18.1 Å². The highest BCUT2D eigenvalue weighted by atomic mass is 19.1. The first kappa shape index (κ1) is 17.4. The summed E-state index contributed by atoms with van der Waals surface area (Å²) in [6, 6.07) is 12.1. The first-order valence-electron chi connectivity index (χ1n) is 8.83. The molecule has 2 heterocycles. The fourth-order valence-corrected chi connectivity index (χ4v) is 3.49. The third-order valence-corrected chi connectivity index (χ3v) is 4.86. The van der Waals surface area contributed by atoms with Gasteiger partial charge >= 0.3 is 0 Å². The van der Waals surface area contributed by atoms with Crippen molar-refractivity contribution in [2.75, 3.05) is 4.90 Å². The van der Waals surface area contributed by atoms with E-state index >= 15 is 0 Å². The highest BCUT2D eigenvalue weighted by Crippen LogP contribution is 2.32. The Morgan fingerprint density at radius 1 is 1.15 bits per heavy atom. The zero-order valence-corrected chi connectivity index (χ0v) is 14.8. The summed E-state index contributed by atoms with van der Waals surface area (Å²) >= 11 is 0. The number of aryl methyl sites for hydroxylation is 1. The number of hydrogen-bond donors (Lipinski definition) is 0. The minimum atomic E-state index is -0.331. The second kappa shape index (κ2) is 6.95. The van der Waals surface area contributed by atoms with Crippen LogP contribution >= 0.6 is 0 Å². The molecule has 1 aromatic heterocycles. The lowest BCUT2D eigenvalue weighted by Gasteiger charge is -2.35. The number of hydrogen-bond acceptors (Lipinski definition) is 3. The van der Waals surface area contributed by atoms with Crippen molar-refractivity contribution in [2.24, 2.45) is 0 Å². The standard InChI is InChI=1S/C21H18F2N2O2/c1-13-2-3-15-10-17(23)8-9-19(15)25(13)21(26)12-18-11-20(27-24-18)14-4-6-16(22)7-5-14/h4-11,13H,2-3,12H2,1H3. The van der Waals surface area contributed by atoms with E-state index in [4.69, 9.17) is 4.52 Å². The fourth-order valence-electron chi connectivity index (χ4n) is 3.49. The zero-order chi connectivity index (χ0) is 19.0. The maximum Gasteiger partial charge on any atom is 0.233 e. The Hall–Kier alpha value is -3.02. The highest BCUT2D eigenvalue weighted by Gasteiger charge is 2.29. The van der Waals surface area contributed by atoms with Gasteiger partial charge in [-0.15, -0.1) is 0 Å². The number of rotatable bonds is 3. The van der Waals surface area contributed by atoms with Gasteiger partial charge in [-0.05, 0) is 67.8 Å². The van der Waals surface area contributed by atoms with E-state index in [9.17, 15) is 13.6 Å². The summed E-state index contributed by atoms with van der Waals surface area (Å²) < 4.78 is 31.9. The van der Waals surface area contributed by atoms with Gasteiger partial charge in [0.2, 0.25) is 5.91 Å². The number of carbonyl (C=O) groups excluding carboxylic acids is 1. The Kier molecular flexibility index (Phi) is 4.48. The van der Waals surface area contributed by atoms with E-state index < -0.39 is 0 Å². The lowest BCUT2D eigenvalue weighted by atomic mass is 9.96. The lowest BCUT2D eigenvalue weighted by molar-refractivity contribution is -0.118. The molecule has 0 fully saturated rings. The Balaban J connectivity index is 1.55. The number of fused-ring (bicyclic) bond motifs is 1. The normalized spacial score (nSPS) is 16.3. The molecule has 3 aromatic rings. The molecule has 1 atom stereocenters. The lowest BCUT2D eigenvalue weighted by Crippen LogP contribution is -2.43. The summed E-state index contributed by atoms with van der Waals surface area (Å²) in [6.07, 6.45) is 1.60. The van der Waals surface area contributed by atoms with E-state index in [-0.39, 0.29) is 30.0 Å². The van der Waals surface area contributed by atoms with E-state index in [1.807, 2.05) is 6.92 Å². The van der Waals surface area contributed by atoms with Crippen molar-refractivity contribution in [1.29, 1.82) is 0 Å². The molecule has 1 aliphatic heterocycles. The van der Waals surface area contributed by atoms with Crippen molar-refractivity contribution in [3.63, 3.8) is 0 Å². The Morgan fingerprint density at radius 2 is 1.89 bits per heavy atom. The minimum Gasteiger partial charge on any atom is -0.356 e. The molecule has 1 aliphatic rings. The fraction of sp³-hybridized carbons (Fsp3) is 0.238. The number of aromatic nitrogens is 1. The van der Waals surface area contributed by atoms with Gasteiger partial charge in [0.15, 0.2) is 5.76 Å². The monoisotopic (exact) mass is 368 g/mol. The van der Waals surface area contributed by atoms with Gasteiger partial charge < -0.3 is 9.42 Å². The van der Waals surface area contributed by atoms with Gasteiger partial charge in [-0.2, -0.15) is 0 Å². The molecule has 0 bridgehead atoms. The first-order valence-corrected chi connectivity index (χ1v) is 8.83. The molecule has 27 heavy (non-hydrogen) atoms. The quantitative estimate of drug-likeness (QED) is 0.682. The van der Waals surface area contributed by atoms with Gasteiger partial charge in [-0.3, -0.25) is 4.79 Å². The average molecular weight is 368 g/mol. The van der Waals surface area contributed by atoms with E-state index in [1.54, 1.807) is 29.2 Å². The number of carbonyl (C=O) groups is 1. The number of halogens is 2. The van der Waals surface area contributed by atoms with Crippen LogP contribution in [0, 0.1) is 11.6 Å². The number of amides is 1. The summed E-state index contributed by atoms with van der Waals surface area (Å²) in [5, 5.41) is 3.97. The summed E-state index contributed by atoms with van der Waals surface area (Å²) in [5.74, 6) is -0.264. The summed E-state index contributed by atoms with van der Waals surface area (Å²) in [7, 11) is 0. The van der Waals surface area contributed by atoms with Crippen molar-refractivity contribution in [3.8, 4) is 11.3 Å². The van der Waals surface area contributed by atoms with Gasteiger partial charge in [0.05, 0.1) is 12.1 Å². The number of benzene rings is 2. The molecule has 0 N–H and O–H groups in total. The Labute approximate surface area is 155 Å². The third kappa shape index (κ3) is 3.47. The molecule has 0 saturated carbocycles. The van der Waals surface area contributed by atoms with Crippen molar-refractivity contribution in [1.82, 2.24) is 5.16 Å². The summed E-state index contributed by atoms with van der Waals surface area (Å²) in [4.78, 5) is 14.6. The zero-order valence-electron chi connectivity index (χ0n) is 14.8.